The van der Waals surface area contributed by atoms with Crippen LogP contribution in [-0.2, 0) is 22.7 Å². The van der Waals surface area contributed by atoms with Gasteiger partial charge in [-0.3, -0.25) is 4.79 Å². The van der Waals surface area contributed by atoms with Gasteiger partial charge in [0.25, 0.3) is 0 Å². The van der Waals surface area contributed by atoms with Gasteiger partial charge in [-0.05, 0) is 24.0 Å². The van der Waals surface area contributed by atoms with E-state index in [4.69, 9.17) is 5.11 Å². The molecule has 0 bridgehead atoms. The first-order valence-electron chi connectivity index (χ1n) is 8.22. The van der Waals surface area contributed by atoms with Gasteiger partial charge in [0.15, 0.2) is 0 Å². The molecule has 1 saturated heterocycles. The molecule has 26 heavy (non-hydrogen) atoms. The SMILES string of the molecule is O=C(O)C1CCN(C(=O)NCc2ccc(COCC(F)(F)F)cc2)CC1. The Morgan fingerprint density at radius 3 is 2.27 bits per heavy atom. The smallest absolute Gasteiger partial charge is 0.411 e. The van der Waals surface area contributed by atoms with Gasteiger partial charge in [-0.2, -0.15) is 13.2 Å². The van der Waals surface area contributed by atoms with E-state index in [1.54, 1.807) is 29.2 Å². The van der Waals surface area contributed by atoms with Crippen molar-refractivity contribution in [1.29, 1.82) is 0 Å². The molecule has 2 rings (SSSR count). The fourth-order valence-corrected chi connectivity index (χ4v) is 2.66. The predicted octanol–water partition coefficient (Wildman–Crippen LogP) is 2.77. The van der Waals surface area contributed by atoms with Crippen LogP contribution in [0.2, 0.25) is 0 Å². The van der Waals surface area contributed by atoms with Crippen molar-refractivity contribution >= 4 is 12.0 Å². The van der Waals surface area contributed by atoms with Gasteiger partial charge < -0.3 is 20.1 Å². The van der Waals surface area contributed by atoms with Crippen LogP contribution in [0.3, 0.4) is 0 Å². The lowest BCUT2D eigenvalue weighted by molar-refractivity contribution is -0.176. The summed E-state index contributed by atoms with van der Waals surface area (Å²) in [6.45, 7) is -0.341. The van der Waals surface area contributed by atoms with E-state index in [1.165, 1.54) is 0 Å². The first-order valence-corrected chi connectivity index (χ1v) is 8.22. The summed E-state index contributed by atoms with van der Waals surface area (Å²) in [5.41, 5.74) is 1.42. The number of piperidine rings is 1. The maximum absolute atomic E-state index is 12.1. The zero-order valence-electron chi connectivity index (χ0n) is 14.1. The molecule has 9 heteroatoms. The number of carboxylic acids is 1. The third-order valence-electron chi connectivity index (χ3n) is 4.13. The Kier molecular flexibility index (Phi) is 6.84. The number of hydrogen-bond acceptors (Lipinski definition) is 3. The number of alkyl halides is 3. The van der Waals surface area contributed by atoms with Crippen molar-refractivity contribution in [2.75, 3.05) is 19.7 Å². The lowest BCUT2D eigenvalue weighted by Gasteiger charge is -2.30. The van der Waals surface area contributed by atoms with E-state index in [0.717, 1.165) is 5.56 Å². The number of aliphatic carboxylic acids is 1. The molecule has 0 unspecified atom stereocenters. The van der Waals surface area contributed by atoms with Crippen LogP contribution in [0.5, 0.6) is 0 Å². The lowest BCUT2D eigenvalue weighted by atomic mass is 9.97. The first kappa shape index (κ1) is 20.0. The number of likely N-dealkylation sites (tertiary alicyclic amines) is 1. The van der Waals surface area contributed by atoms with Gasteiger partial charge in [0.05, 0.1) is 12.5 Å². The monoisotopic (exact) mass is 374 g/mol. The van der Waals surface area contributed by atoms with Gasteiger partial charge in [-0.15, -0.1) is 0 Å². The average molecular weight is 374 g/mol. The Morgan fingerprint density at radius 1 is 1.15 bits per heavy atom. The topological polar surface area (TPSA) is 78.9 Å². The van der Waals surface area contributed by atoms with E-state index in [-0.39, 0.29) is 19.2 Å². The van der Waals surface area contributed by atoms with Crippen LogP contribution in [0.1, 0.15) is 24.0 Å². The van der Waals surface area contributed by atoms with Crippen LogP contribution in [0.4, 0.5) is 18.0 Å². The average Bonchev–Trinajstić information content (AvgIpc) is 2.60. The van der Waals surface area contributed by atoms with Crippen molar-refractivity contribution < 1.29 is 32.6 Å². The second-order valence-corrected chi connectivity index (χ2v) is 6.18. The second kappa shape index (κ2) is 8.88. The van der Waals surface area contributed by atoms with Crippen molar-refractivity contribution in [1.82, 2.24) is 10.2 Å². The molecule has 6 nitrogen and oxygen atoms in total. The van der Waals surface area contributed by atoms with Crippen molar-refractivity contribution in [3.05, 3.63) is 35.4 Å². The number of carbonyl (C=O) groups excluding carboxylic acids is 1. The number of ether oxygens (including phenoxy) is 1. The van der Waals surface area contributed by atoms with Crippen LogP contribution < -0.4 is 5.32 Å². The van der Waals surface area contributed by atoms with Gasteiger partial charge in [0.2, 0.25) is 0 Å². The highest BCUT2D eigenvalue weighted by atomic mass is 19.4. The molecule has 144 valence electrons. The van der Waals surface area contributed by atoms with Crippen molar-refractivity contribution in [3.63, 3.8) is 0 Å². The Labute approximate surface area is 148 Å². The molecule has 0 radical (unpaired) electrons. The summed E-state index contributed by atoms with van der Waals surface area (Å²) < 4.78 is 40.6. The van der Waals surface area contributed by atoms with Gasteiger partial charge in [0, 0.05) is 19.6 Å². The first-order chi connectivity index (χ1) is 12.2. The third-order valence-corrected chi connectivity index (χ3v) is 4.13. The standard InChI is InChI=1S/C17H21F3N2O4/c18-17(19,20)11-26-10-13-3-1-12(2-4-13)9-21-16(25)22-7-5-14(6-8-22)15(23)24/h1-4,14H,5-11H2,(H,21,25)(H,23,24). The number of rotatable bonds is 6. The molecule has 1 fully saturated rings. The summed E-state index contributed by atoms with van der Waals surface area (Å²) in [4.78, 5) is 24.6. The minimum absolute atomic E-state index is 0.134. The van der Waals surface area contributed by atoms with E-state index >= 15 is 0 Å². The summed E-state index contributed by atoms with van der Waals surface area (Å²) in [6.07, 6.45) is -3.46. The number of hydrogen-bond donors (Lipinski definition) is 2. The number of nitrogens with zero attached hydrogens (tertiary/aromatic N) is 1. The molecule has 1 heterocycles. The highest BCUT2D eigenvalue weighted by Crippen LogP contribution is 2.18. The van der Waals surface area contributed by atoms with Crippen LogP contribution in [0.15, 0.2) is 24.3 Å². The number of amides is 2. The van der Waals surface area contributed by atoms with Crippen LogP contribution in [0, 0.1) is 5.92 Å². The number of urea groups is 1. The fraction of sp³-hybridized carbons (Fsp3) is 0.529. The molecule has 0 saturated carbocycles. The van der Waals surface area contributed by atoms with Crippen molar-refractivity contribution in [3.8, 4) is 0 Å². The molecule has 0 atom stereocenters. The third kappa shape index (κ3) is 6.55. The quantitative estimate of drug-likeness (QED) is 0.803. The molecule has 2 amide bonds. The number of benzene rings is 1. The lowest BCUT2D eigenvalue weighted by Crippen LogP contribution is -2.45. The number of halogens is 3. The second-order valence-electron chi connectivity index (χ2n) is 6.18. The van der Waals surface area contributed by atoms with E-state index in [2.05, 4.69) is 10.1 Å². The summed E-state index contributed by atoms with van der Waals surface area (Å²) in [5.74, 6) is -1.23. The fourth-order valence-electron chi connectivity index (χ4n) is 2.66. The molecule has 1 aliphatic rings. The minimum Gasteiger partial charge on any atom is -0.481 e. The zero-order valence-corrected chi connectivity index (χ0v) is 14.1. The van der Waals surface area contributed by atoms with Crippen LogP contribution in [-0.4, -0.2) is 47.9 Å². The van der Waals surface area contributed by atoms with Gasteiger partial charge >= 0.3 is 18.2 Å². The van der Waals surface area contributed by atoms with Crippen molar-refractivity contribution in [2.45, 2.75) is 32.2 Å². The highest BCUT2D eigenvalue weighted by molar-refractivity contribution is 5.75. The molecule has 2 N–H and O–H groups in total. The molecular formula is C17H21F3N2O4. The molecule has 1 aliphatic heterocycles. The summed E-state index contributed by atoms with van der Waals surface area (Å²) in [6, 6.07) is 6.46. The number of carbonyl (C=O) groups is 2. The summed E-state index contributed by atoms with van der Waals surface area (Å²) >= 11 is 0. The van der Waals surface area contributed by atoms with Gasteiger partial charge in [-0.1, -0.05) is 24.3 Å². The Bertz CT molecular complexity index is 611. The zero-order chi connectivity index (χ0) is 19.2. The van der Waals surface area contributed by atoms with E-state index < -0.39 is 24.7 Å². The van der Waals surface area contributed by atoms with E-state index in [0.29, 0.717) is 31.5 Å². The predicted molar refractivity (Wildman–Crippen MR) is 86.3 cm³/mol. The Hall–Kier alpha value is -2.29. The summed E-state index contributed by atoms with van der Waals surface area (Å²) in [5, 5.41) is 11.7. The van der Waals surface area contributed by atoms with E-state index in [1.807, 2.05) is 0 Å². The maximum Gasteiger partial charge on any atom is 0.411 e. The number of nitrogens with one attached hydrogen (secondary N) is 1. The molecular weight excluding hydrogens is 353 g/mol. The normalized spacial score (nSPS) is 15.7. The molecule has 0 aromatic heterocycles. The molecule has 0 aliphatic carbocycles. The molecule has 1 aromatic carbocycles. The Morgan fingerprint density at radius 2 is 1.73 bits per heavy atom. The minimum atomic E-state index is -4.34. The summed E-state index contributed by atoms with van der Waals surface area (Å²) in [7, 11) is 0. The maximum atomic E-state index is 12.1. The largest absolute Gasteiger partial charge is 0.481 e. The molecule has 1 aromatic rings. The molecule has 0 spiro atoms. The van der Waals surface area contributed by atoms with Crippen LogP contribution >= 0.6 is 0 Å². The van der Waals surface area contributed by atoms with E-state index in [9.17, 15) is 22.8 Å². The van der Waals surface area contributed by atoms with Crippen LogP contribution in [0.25, 0.3) is 0 Å². The van der Waals surface area contributed by atoms with Gasteiger partial charge in [0.1, 0.15) is 6.61 Å². The number of carboxylic acid groups (broad SMARTS) is 1. The highest BCUT2D eigenvalue weighted by Gasteiger charge is 2.27. The van der Waals surface area contributed by atoms with Crippen molar-refractivity contribution in [2.24, 2.45) is 5.92 Å². The van der Waals surface area contributed by atoms with Gasteiger partial charge in [-0.25, -0.2) is 4.79 Å². The Balaban J connectivity index is 1.72.